The fraction of sp³-hybridized carbons (Fsp3) is 0.417. The maximum absolute atomic E-state index is 11.7. The van der Waals surface area contributed by atoms with E-state index < -0.39 is 10.0 Å². The zero-order valence-corrected chi connectivity index (χ0v) is 11.9. The lowest BCUT2D eigenvalue weighted by Gasteiger charge is -2.37. The molecule has 1 aliphatic heterocycles. The zero-order chi connectivity index (χ0) is 14.8. The lowest BCUT2D eigenvalue weighted by Crippen LogP contribution is -2.49. The van der Waals surface area contributed by atoms with Gasteiger partial charge in [-0.05, 0) is 24.3 Å². The maximum Gasteiger partial charge on any atom is 0.319 e. The van der Waals surface area contributed by atoms with E-state index in [1.54, 1.807) is 0 Å². The second kappa shape index (κ2) is 5.39. The SMILES string of the molecule is CC1(CNC(=O)Nc2ccc(S(N)(=O)=O)cc2)COC1. The van der Waals surface area contributed by atoms with E-state index in [0.717, 1.165) is 0 Å². The van der Waals surface area contributed by atoms with Crippen LogP contribution >= 0.6 is 0 Å². The molecule has 110 valence electrons. The van der Waals surface area contributed by atoms with Gasteiger partial charge in [-0.15, -0.1) is 0 Å². The molecule has 20 heavy (non-hydrogen) atoms. The van der Waals surface area contributed by atoms with Gasteiger partial charge in [0, 0.05) is 17.6 Å². The molecule has 0 aromatic heterocycles. The molecule has 0 atom stereocenters. The van der Waals surface area contributed by atoms with E-state index in [2.05, 4.69) is 10.6 Å². The largest absolute Gasteiger partial charge is 0.380 e. The lowest BCUT2D eigenvalue weighted by molar-refractivity contribution is -0.0974. The molecular weight excluding hydrogens is 282 g/mol. The van der Waals surface area contributed by atoms with E-state index in [0.29, 0.717) is 25.4 Å². The summed E-state index contributed by atoms with van der Waals surface area (Å²) in [5.41, 5.74) is 0.486. The van der Waals surface area contributed by atoms with Crippen molar-refractivity contribution in [2.24, 2.45) is 10.6 Å². The quantitative estimate of drug-likeness (QED) is 0.751. The molecule has 1 fully saturated rings. The number of carbonyl (C=O) groups excluding carboxylic acids is 1. The molecule has 1 heterocycles. The average Bonchev–Trinajstić information content (AvgIpc) is 2.33. The zero-order valence-electron chi connectivity index (χ0n) is 11.0. The monoisotopic (exact) mass is 299 g/mol. The summed E-state index contributed by atoms with van der Waals surface area (Å²) in [6.07, 6.45) is 0. The topological polar surface area (TPSA) is 111 Å². The minimum atomic E-state index is -3.72. The molecular formula is C12H17N3O4S. The number of primary sulfonamides is 1. The van der Waals surface area contributed by atoms with E-state index >= 15 is 0 Å². The van der Waals surface area contributed by atoms with Gasteiger partial charge in [-0.2, -0.15) is 0 Å². The summed E-state index contributed by atoms with van der Waals surface area (Å²) in [5.74, 6) is 0. The van der Waals surface area contributed by atoms with Crippen LogP contribution in [-0.4, -0.2) is 34.2 Å². The third-order valence-corrected chi connectivity index (χ3v) is 3.95. The lowest BCUT2D eigenvalue weighted by atomic mass is 9.89. The summed E-state index contributed by atoms with van der Waals surface area (Å²) in [6, 6.07) is 5.29. The Bertz CT molecular complexity index is 594. The number of ether oxygens (including phenoxy) is 1. The van der Waals surface area contributed by atoms with Crippen molar-refractivity contribution in [2.45, 2.75) is 11.8 Å². The number of sulfonamides is 1. The molecule has 2 rings (SSSR count). The van der Waals surface area contributed by atoms with Crippen molar-refractivity contribution in [1.29, 1.82) is 0 Å². The van der Waals surface area contributed by atoms with Crippen LogP contribution in [0.15, 0.2) is 29.2 Å². The van der Waals surface area contributed by atoms with Gasteiger partial charge < -0.3 is 15.4 Å². The number of carbonyl (C=O) groups is 1. The first-order valence-corrected chi connectivity index (χ1v) is 7.59. The fourth-order valence-corrected chi connectivity index (χ4v) is 2.26. The van der Waals surface area contributed by atoms with E-state index in [1.807, 2.05) is 6.92 Å². The molecule has 1 aromatic carbocycles. The standard InChI is InChI=1S/C12H17N3O4S/c1-12(7-19-8-12)6-14-11(16)15-9-2-4-10(5-3-9)20(13,17)18/h2-5H,6-8H2,1H3,(H2,13,17,18)(H2,14,15,16). The van der Waals surface area contributed by atoms with Crippen LogP contribution in [-0.2, 0) is 14.8 Å². The first-order chi connectivity index (χ1) is 9.28. The number of anilines is 1. The summed E-state index contributed by atoms with van der Waals surface area (Å²) in [5, 5.41) is 10.3. The summed E-state index contributed by atoms with van der Waals surface area (Å²) in [6.45, 7) is 3.82. The minimum Gasteiger partial charge on any atom is -0.380 e. The highest BCUT2D eigenvalue weighted by atomic mass is 32.2. The van der Waals surface area contributed by atoms with Crippen molar-refractivity contribution >= 4 is 21.7 Å². The number of hydrogen-bond donors (Lipinski definition) is 3. The molecule has 0 spiro atoms. The molecule has 2 amide bonds. The van der Waals surface area contributed by atoms with Gasteiger partial charge in [-0.1, -0.05) is 6.92 Å². The predicted molar refractivity (Wildman–Crippen MR) is 73.8 cm³/mol. The predicted octanol–water partition coefficient (Wildman–Crippen LogP) is 0.492. The van der Waals surface area contributed by atoms with Gasteiger partial charge in [0.05, 0.1) is 18.1 Å². The molecule has 0 saturated carbocycles. The Morgan fingerprint density at radius 2 is 1.95 bits per heavy atom. The Kier molecular flexibility index (Phi) is 3.98. The molecule has 7 nitrogen and oxygen atoms in total. The van der Waals surface area contributed by atoms with E-state index in [9.17, 15) is 13.2 Å². The fourth-order valence-electron chi connectivity index (χ4n) is 1.75. The second-order valence-corrected chi connectivity index (χ2v) is 6.74. The first-order valence-electron chi connectivity index (χ1n) is 6.04. The van der Waals surface area contributed by atoms with E-state index in [4.69, 9.17) is 9.88 Å². The number of nitrogens with one attached hydrogen (secondary N) is 2. The van der Waals surface area contributed by atoms with Crippen LogP contribution in [0.2, 0.25) is 0 Å². The maximum atomic E-state index is 11.7. The van der Waals surface area contributed by atoms with Crippen molar-refractivity contribution < 1.29 is 17.9 Å². The van der Waals surface area contributed by atoms with Crippen LogP contribution in [0.1, 0.15) is 6.92 Å². The van der Waals surface area contributed by atoms with Crippen molar-refractivity contribution in [1.82, 2.24) is 5.32 Å². The summed E-state index contributed by atoms with van der Waals surface area (Å²) >= 11 is 0. The first kappa shape index (κ1) is 14.8. The summed E-state index contributed by atoms with van der Waals surface area (Å²) < 4.78 is 27.3. The molecule has 1 aromatic rings. The number of rotatable bonds is 4. The Morgan fingerprint density at radius 3 is 2.40 bits per heavy atom. The number of amides is 2. The normalized spacial score (nSPS) is 17.1. The number of hydrogen-bond acceptors (Lipinski definition) is 4. The third-order valence-electron chi connectivity index (χ3n) is 3.02. The van der Waals surface area contributed by atoms with Gasteiger partial charge in [0.15, 0.2) is 0 Å². The van der Waals surface area contributed by atoms with Crippen molar-refractivity contribution in [3.63, 3.8) is 0 Å². The number of nitrogens with two attached hydrogens (primary N) is 1. The Labute approximate surface area is 117 Å². The van der Waals surface area contributed by atoms with Gasteiger partial charge in [0.25, 0.3) is 0 Å². The van der Waals surface area contributed by atoms with E-state index in [1.165, 1.54) is 24.3 Å². The van der Waals surface area contributed by atoms with Gasteiger partial charge in [0.1, 0.15) is 0 Å². The van der Waals surface area contributed by atoms with Crippen LogP contribution in [0.5, 0.6) is 0 Å². The third kappa shape index (κ3) is 3.69. The highest BCUT2D eigenvalue weighted by Gasteiger charge is 2.33. The number of urea groups is 1. The van der Waals surface area contributed by atoms with Crippen molar-refractivity contribution in [3.8, 4) is 0 Å². The number of benzene rings is 1. The Morgan fingerprint density at radius 1 is 1.35 bits per heavy atom. The molecule has 0 bridgehead atoms. The van der Waals surface area contributed by atoms with Crippen LogP contribution in [0.3, 0.4) is 0 Å². The highest BCUT2D eigenvalue weighted by Crippen LogP contribution is 2.25. The summed E-state index contributed by atoms with van der Waals surface area (Å²) in [4.78, 5) is 11.7. The Balaban J connectivity index is 1.88. The highest BCUT2D eigenvalue weighted by molar-refractivity contribution is 7.89. The minimum absolute atomic E-state index is 0.00239. The summed E-state index contributed by atoms with van der Waals surface area (Å²) in [7, 11) is -3.72. The van der Waals surface area contributed by atoms with Crippen molar-refractivity contribution in [3.05, 3.63) is 24.3 Å². The van der Waals surface area contributed by atoms with Crippen molar-refractivity contribution in [2.75, 3.05) is 25.1 Å². The van der Waals surface area contributed by atoms with Crippen LogP contribution in [0.4, 0.5) is 10.5 Å². The average molecular weight is 299 g/mol. The molecule has 1 aliphatic rings. The molecule has 1 saturated heterocycles. The van der Waals surface area contributed by atoms with Crippen LogP contribution < -0.4 is 15.8 Å². The van der Waals surface area contributed by atoms with Gasteiger partial charge >= 0.3 is 6.03 Å². The van der Waals surface area contributed by atoms with E-state index in [-0.39, 0.29) is 16.3 Å². The van der Waals surface area contributed by atoms with Gasteiger partial charge in [-0.25, -0.2) is 18.4 Å². The van der Waals surface area contributed by atoms with Crippen LogP contribution in [0.25, 0.3) is 0 Å². The molecule has 0 aliphatic carbocycles. The van der Waals surface area contributed by atoms with Gasteiger partial charge in [0.2, 0.25) is 10.0 Å². The smallest absolute Gasteiger partial charge is 0.319 e. The molecule has 4 N–H and O–H groups in total. The second-order valence-electron chi connectivity index (χ2n) is 5.18. The molecule has 8 heteroatoms. The molecule has 0 radical (unpaired) electrons. The Hall–Kier alpha value is -1.64. The van der Waals surface area contributed by atoms with Crippen LogP contribution in [0, 0.1) is 5.41 Å². The molecule has 0 unspecified atom stereocenters. The van der Waals surface area contributed by atoms with Gasteiger partial charge in [-0.3, -0.25) is 0 Å².